The molecule has 1 heterocycles. The molecule has 6 nitrogen and oxygen atoms in total. The lowest BCUT2D eigenvalue weighted by Crippen LogP contribution is -2.50. The van der Waals surface area contributed by atoms with E-state index >= 15 is 0 Å². The zero-order chi connectivity index (χ0) is 20.0. The number of rotatable bonds is 8. The summed E-state index contributed by atoms with van der Waals surface area (Å²) in [6.07, 6.45) is 0.914. The highest BCUT2D eigenvalue weighted by Gasteiger charge is 2.29. The summed E-state index contributed by atoms with van der Waals surface area (Å²) in [4.78, 5) is 14.6. The lowest BCUT2D eigenvalue weighted by molar-refractivity contribution is -0.132. The summed E-state index contributed by atoms with van der Waals surface area (Å²) < 4.78 is 27.7. The fraction of sp³-hybridized carbons (Fsp3) is 0.650. The molecule has 1 fully saturated rings. The Labute approximate surface area is 164 Å². The molecule has 0 spiro atoms. The van der Waals surface area contributed by atoms with Gasteiger partial charge in [-0.25, -0.2) is 8.42 Å². The van der Waals surface area contributed by atoms with Crippen LogP contribution in [0.2, 0.25) is 0 Å². The first kappa shape index (κ1) is 21.9. The van der Waals surface area contributed by atoms with E-state index in [1.807, 2.05) is 26.0 Å². The van der Waals surface area contributed by atoms with E-state index in [9.17, 15) is 13.2 Å². The van der Waals surface area contributed by atoms with Gasteiger partial charge in [-0.1, -0.05) is 39.8 Å². The monoisotopic (exact) mass is 395 g/mol. The molecule has 152 valence electrons. The Morgan fingerprint density at radius 2 is 1.67 bits per heavy atom. The summed E-state index contributed by atoms with van der Waals surface area (Å²) >= 11 is 0. The van der Waals surface area contributed by atoms with Crippen molar-refractivity contribution in [2.45, 2.75) is 39.0 Å². The van der Waals surface area contributed by atoms with Crippen molar-refractivity contribution in [1.29, 1.82) is 0 Å². The number of piperazine rings is 1. The predicted molar refractivity (Wildman–Crippen MR) is 108 cm³/mol. The van der Waals surface area contributed by atoms with Crippen molar-refractivity contribution in [3.05, 3.63) is 29.8 Å². The molecular formula is C20H33N3O3S. The molecule has 0 saturated carbocycles. The Morgan fingerprint density at radius 3 is 2.19 bits per heavy atom. The molecule has 1 N–H and O–H groups in total. The number of nitrogens with zero attached hydrogens (tertiary/aromatic N) is 2. The van der Waals surface area contributed by atoms with Gasteiger partial charge in [0.05, 0.1) is 11.4 Å². The Balaban J connectivity index is 2.18. The van der Waals surface area contributed by atoms with Crippen molar-refractivity contribution in [3.8, 4) is 0 Å². The van der Waals surface area contributed by atoms with E-state index in [1.165, 1.54) is 4.31 Å². The van der Waals surface area contributed by atoms with Crippen LogP contribution in [0.4, 0.5) is 0 Å². The van der Waals surface area contributed by atoms with Gasteiger partial charge >= 0.3 is 0 Å². The van der Waals surface area contributed by atoms with Gasteiger partial charge in [0.1, 0.15) is 0 Å². The van der Waals surface area contributed by atoms with Crippen LogP contribution in [0.15, 0.2) is 29.2 Å². The number of carbonyl (C=O) groups is 1. The minimum absolute atomic E-state index is 0.103. The summed E-state index contributed by atoms with van der Waals surface area (Å²) in [6, 6.07) is 7.07. The van der Waals surface area contributed by atoms with Crippen LogP contribution in [0.5, 0.6) is 0 Å². The number of amides is 1. The van der Waals surface area contributed by atoms with Crippen LogP contribution in [0.1, 0.15) is 33.3 Å². The predicted octanol–water partition coefficient (Wildman–Crippen LogP) is 1.96. The summed E-state index contributed by atoms with van der Waals surface area (Å²) in [5.41, 5.74) is 1.12. The number of carbonyl (C=O) groups excluding carboxylic acids is 1. The normalized spacial score (nSPS) is 15.7. The largest absolute Gasteiger partial charge is 0.339 e. The van der Waals surface area contributed by atoms with Crippen molar-refractivity contribution < 1.29 is 13.2 Å². The van der Waals surface area contributed by atoms with Gasteiger partial charge in [0.25, 0.3) is 0 Å². The van der Waals surface area contributed by atoms with Crippen LogP contribution in [0, 0.1) is 11.8 Å². The second-order valence-corrected chi connectivity index (χ2v) is 10.0. The van der Waals surface area contributed by atoms with E-state index in [4.69, 9.17) is 0 Å². The summed E-state index contributed by atoms with van der Waals surface area (Å²) in [5, 5.41) is 3.20. The maximum absolute atomic E-state index is 13.2. The van der Waals surface area contributed by atoms with Crippen molar-refractivity contribution >= 4 is 15.9 Å². The van der Waals surface area contributed by atoms with E-state index in [0.29, 0.717) is 25.6 Å². The van der Waals surface area contributed by atoms with Crippen molar-refractivity contribution in [3.63, 3.8) is 0 Å². The van der Waals surface area contributed by atoms with Crippen LogP contribution in [-0.2, 0) is 21.2 Å². The minimum atomic E-state index is -3.70. The zero-order valence-corrected chi connectivity index (χ0v) is 17.8. The summed E-state index contributed by atoms with van der Waals surface area (Å²) in [7, 11) is -3.70. The molecule has 0 atom stereocenters. The second kappa shape index (κ2) is 9.66. The molecule has 0 bridgehead atoms. The first-order chi connectivity index (χ1) is 12.7. The SMILES string of the molecule is CC(C)Cc1ccc(S(=O)(=O)N(CC(=O)N2CCNCC2)CC(C)C)cc1. The maximum atomic E-state index is 13.2. The maximum Gasteiger partial charge on any atom is 0.243 e. The molecule has 1 saturated heterocycles. The van der Waals surface area contributed by atoms with E-state index in [0.717, 1.165) is 25.1 Å². The Kier molecular flexibility index (Phi) is 7.82. The molecule has 27 heavy (non-hydrogen) atoms. The third kappa shape index (κ3) is 6.30. The van der Waals surface area contributed by atoms with Gasteiger partial charge in [-0.3, -0.25) is 4.79 Å². The van der Waals surface area contributed by atoms with Gasteiger partial charge in [0.15, 0.2) is 0 Å². The quantitative estimate of drug-likeness (QED) is 0.731. The topological polar surface area (TPSA) is 69.7 Å². The zero-order valence-electron chi connectivity index (χ0n) is 16.9. The van der Waals surface area contributed by atoms with Gasteiger partial charge in [-0.05, 0) is 36.0 Å². The van der Waals surface area contributed by atoms with E-state index in [-0.39, 0.29) is 23.3 Å². The van der Waals surface area contributed by atoms with Gasteiger partial charge in [-0.15, -0.1) is 0 Å². The highest BCUT2D eigenvalue weighted by Crippen LogP contribution is 2.19. The molecule has 1 amide bonds. The van der Waals surface area contributed by atoms with Crippen LogP contribution < -0.4 is 5.32 Å². The van der Waals surface area contributed by atoms with Gasteiger partial charge < -0.3 is 10.2 Å². The molecule has 1 aliphatic heterocycles. The molecule has 1 aromatic rings. The van der Waals surface area contributed by atoms with E-state index in [2.05, 4.69) is 19.2 Å². The second-order valence-electron chi connectivity index (χ2n) is 8.06. The lowest BCUT2D eigenvalue weighted by atomic mass is 10.0. The molecule has 0 unspecified atom stereocenters. The summed E-state index contributed by atoms with van der Waals surface area (Å²) in [5.74, 6) is 0.523. The Morgan fingerprint density at radius 1 is 1.07 bits per heavy atom. The first-order valence-corrected chi connectivity index (χ1v) is 11.2. The number of hydrogen-bond donors (Lipinski definition) is 1. The Hall–Kier alpha value is -1.44. The standard InChI is InChI=1S/C20H33N3O3S/c1-16(2)13-18-5-7-19(8-6-18)27(25,26)23(14-17(3)4)15-20(24)22-11-9-21-10-12-22/h5-8,16-17,21H,9-15H2,1-4H3. The van der Waals surface area contributed by atoms with Crippen molar-refractivity contribution in [2.24, 2.45) is 11.8 Å². The molecule has 0 aromatic heterocycles. The van der Waals surface area contributed by atoms with E-state index in [1.54, 1.807) is 17.0 Å². The Bertz CT molecular complexity index is 708. The van der Waals surface area contributed by atoms with Gasteiger partial charge in [0, 0.05) is 32.7 Å². The van der Waals surface area contributed by atoms with Crippen molar-refractivity contribution in [2.75, 3.05) is 39.3 Å². The first-order valence-electron chi connectivity index (χ1n) is 9.77. The number of sulfonamides is 1. The minimum Gasteiger partial charge on any atom is -0.339 e. The fourth-order valence-electron chi connectivity index (χ4n) is 3.24. The molecule has 0 aliphatic carbocycles. The molecule has 2 rings (SSSR count). The lowest BCUT2D eigenvalue weighted by Gasteiger charge is -2.30. The molecule has 1 aliphatic rings. The van der Waals surface area contributed by atoms with Crippen LogP contribution in [0.3, 0.4) is 0 Å². The number of nitrogens with one attached hydrogen (secondary N) is 1. The number of hydrogen-bond acceptors (Lipinski definition) is 4. The third-order valence-corrected chi connectivity index (χ3v) is 6.38. The van der Waals surface area contributed by atoms with Crippen LogP contribution in [0.25, 0.3) is 0 Å². The molecular weight excluding hydrogens is 362 g/mol. The number of benzene rings is 1. The molecule has 7 heteroatoms. The molecule has 0 radical (unpaired) electrons. The van der Waals surface area contributed by atoms with Gasteiger partial charge in [0.2, 0.25) is 15.9 Å². The average Bonchev–Trinajstić information content (AvgIpc) is 2.61. The summed E-state index contributed by atoms with van der Waals surface area (Å²) in [6.45, 7) is 11.2. The van der Waals surface area contributed by atoms with Crippen LogP contribution in [-0.4, -0.2) is 62.8 Å². The highest BCUT2D eigenvalue weighted by molar-refractivity contribution is 7.89. The average molecular weight is 396 g/mol. The van der Waals surface area contributed by atoms with Crippen LogP contribution >= 0.6 is 0 Å². The van der Waals surface area contributed by atoms with Crippen molar-refractivity contribution in [1.82, 2.24) is 14.5 Å². The third-order valence-electron chi connectivity index (χ3n) is 4.56. The van der Waals surface area contributed by atoms with E-state index < -0.39 is 10.0 Å². The fourth-order valence-corrected chi connectivity index (χ4v) is 4.79. The molecule has 1 aromatic carbocycles. The smallest absolute Gasteiger partial charge is 0.243 e. The highest BCUT2D eigenvalue weighted by atomic mass is 32.2. The van der Waals surface area contributed by atoms with Gasteiger partial charge in [-0.2, -0.15) is 4.31 Å².